The highest BCUT2D eigenvalue weighted by Crippen LogP contribution is 2.25. The van der Waals surface area contributed by atoms with E-state index < -0.39 is 230 Å². The molecule has 30 N–H and O–H groups in total. The number of thioether (sulfide) groups is 2. The lowest BCUT2D eigenvalue weighted by Gasteiger charge is -2.29. The number of H-pyrrole nitrogens is 2. The van der Waals surface area contributed by atoms with E-state index in [1.54, 1.807) is 74.5 Å². The maximum absolute atomic E-state index is 15.6. The molecular weight excluding hydrogens is 1830 g/mol. The zero-order valence-electron chi connectivity index (χ0n) is 76.1. The maximum Gasteiger partial charge on any atom is 0.303 e. The Morgan fingerprint density at radius 3 is 1.53 bits per heavy atom. The second kappa shape index (κ2) is 51.7. The summed E-state index contributed by atoms with van der Waals surface area (Å²) in [5.41, 5.74) is 21.3. The highest BCUT2D eigenvalue weighted by atomic mass is 32.2. The molecule has 0 saturated carbocycles. The molecule has 3 aromatic heterocycles. The van der Waals surface area contributed by atoms with Gasteiger partial charge in [0.25, 0.3) is 0 Å². The van der Waals surface area contributed by atoms with E-state index in [2.05, 4.69) is 94.7 Å². The summed E-state index contributed by atoms with van der Waals surface area (Å²) < 4.78 is 14.9. The molecule has 14 amide bonds. The molecule has 43 nitrogen and oxygen atoms in total. The minimum Gasteiger partial charge on any atom is -0.508 e. The largest absolute Gasteiger partial charge is 0.508 e. The Labute approximate surface area is 799 Å². The van der Waals surface area contributed by atoms with Crippen LogP contribution in [0.5, 0.6) is 11.5 Å². The van der Waals surface area contributed by atoms with E-state index in [0.29, 0.717) is 55.4 Å². The highest BCUT2D eigenvalue weighted by Gasteiger charge is 2.40. The number of amides is 14. The number of aliphatic hydroxyl groups excluding tert-OH is 2. The number of hydrogen-bond donors (Lipinski definition) is 27. The number of guanidine groups is 2. The number of carboxylic acids is 1. The number of carbonyl (C=O) groups is 15. The molecule has 4 heterocycles. The van der Waals surface area contributed by atoms with Crippen molar-refractivity contribution in [3.05, 3.63) is 191 Å². The van der Waals surface area contributed by atoms with Crippen LogP contribution < -0.4 is 97.0 Å². The summed E-state index contributed by atoms with van der Waals surface area (Å²) in [5, 5.41) is 109. The minimum atomic E-state index is -2.07. The smallest absolute Gasteiger partial charge is 0.303 e. The van der Waals surface area contributed by atoms with Gasteiger partial charge in [0.2, 0.25) is 82.7 Å². The molecule has 138 heavy (non-hydrogen) atoms. The highest BCUT2D eigenvalue weighted by molar-refractivity contribution is 7.98. The lowest BCUT2D eigenvalue weighted by Crippen LogP contribution is -2.64. The molecule has 1 aliphatic rings. The Balaban J connectivity index is 1.12. The number of aliphatic carboxylic acids is 1. The number of nitrogens with zero attached hydrogens (tertiary/aromatic N) is 1. The fourth-order valence-corrected chi connectivity index (χ4v) is 16.9. The van der Waals surface area contributed by atoms with E-state index in [4.69, 9.17) is 28.0 Å². The number of anilines is 1. The number of phenolic OH excluding ortho intramolecular Hbond substituents is 2. The van der Waals surface area contributed by atoms with Crippen LogP contribution in [0.2, 0.25) is 0 Å². The van der Waals surface area contributed by atoms with Crippen molar-refractivity contribution < 1.29 is 102 Å². The summed E-state index contributed by atoms with van der Waals surface area (Å²) in [4.78, 5) is 229. The third-order valence-electron chi connectivity index (χ3n) is 22.0. The van der Waals surface area contributed by atoms with Crippen LogP contribution in [0, 0.1) is 16.6 Å². The van der Waals surface area contributed by atoms with Crippen molar-refractivity contribution in [2.75, 3.05) is 23.4 Å². The summed E-state index contributed by atoms with van der Waals surface area (Å²) in [6.07, 6.45) is -3.99. The van der Waals surface area contributed by atoms with Gasteiger partial charge >= 0.3 is 5.97 Å². The number of nitrogens with two attached hydrogens (primary N) is 3. The molecule has 46 heteroatoms. The Morgan fingerprint density at radius 1 is 0.529 bits per heavy atom. The van der Waals surface area contributed by atoms with E-state index in [0.717, 1.165) is 37.4 Å². The molecule has 0 aliphatic carbocycles. The summed E-state index contributed by atoms with van der Waals surface area (Å²) in [7, 11) is 0. The number of aliphatic hydroxyl groups is 2. The van der Waals surface area contributed by atoms with Gasteiger partial charge in [-0.1, -0.05) is 87.4 Å². The number of benzene rings is 5. The van der Waals surface area contributed by atoms with Crippen molar-refractivity contribution in [2.24, 2.45) is 17.2 Å². The van der Waals surface area contributed by atoms with Gasteiger partial charge in [-0.25, -0.2) is 9.37 Å². The number of primary amides is 1. The topological polar surface area (TPSA) is 708 Å². The van der Waals surface area contributed by atoms with Crippen LogP contribution in [0.3, 0.4) is 0 Å². The molecule has 8 aromatic rings. The molecule has 9 rings (SSSR count). The molecule has 738 valence electrons. The van der Waals surface area contributed by atoms with Gasteiger partial charge in [-0.15, -0.1) is 0 Å². The molecule has 0 radical (unpaired) electrons. The molecule has 2 bridgehead atoms. The zero-order valence-corrected chi connectivity index (χ0v) is 77.7. The number of carboxylic acid groups (broad SMARTS) is 1. The third-order valence-corrected chi connectivity index (χ3v) is 24.2. The number of pyridine rings is 1. The number of aromatic nitrogens is 3. The molecule has 15 atom stereocenters. The summed E-state index contributed by atoms with van der Waals surface area (Å²) in [6, 6.07) is 10.2. The monoisotopic (exact) mass is 1950 g/mol. The van der Waals surface area contributed by atoms with Crippen LogP contribution in [0.25, 0.3) is 21.9 Å². The number of aromatic hydroxyl groups is 2. The number of aromatic amines is 2. The van der Waals surface area contributed by atoms with Gasteiger partial charge in [-0.05, 0) is 139 Å². The molecule has 0 saturated heterocycles. The van der Waals surface area contributed by atoms with Gasteiger partial charge in [0.15, 0.2) is 11.9 Å². The van der Waals surface area contributed by atoms with Gasteiger partial charge in [0.1, 0.15) is 102 Å². The van der Waals surface area contributed by atoms with Crippen molar-refractivity contribution in [3.63, 3.8) is 0 Å². The number of nitrogens with one attached hydrogen (secondary N) is 19. The SMILES string of the molecule is CCC[C@@H]1NC(=O)[C@H](Cc2c[nH]c3ncccc23)NC(=O)[C@H]([C@@H](C)O)NC(=O)[C@H](CNC(=N)N)NC(=O)[C@H](Cc2ccc(O)cc2)NC(=O)[C@H](Cc2cc3cc(F)ccc3[nH]2)NC(=O)[C@@H](NC(=O)[C@H](Cc2ccc(NC(=N)N)cc2)NC(C)=O)CSCc2cccc(c2)CSC[C@@H](C(N)=O)NC(=O)[C@H]([C@@H](C)O)NC(=O)[C@H](CCC)NC(=O)[C@H](Cc2ccc(O)cc2)NC(=O)[C@H](CCC(=O)O)NC1=O. The maximum atomic E-state index is 15.6. The van der Waals surface area contributed by atoms with Crippen molar-refractivity contribution in [1.82, 2.24) is 89.4 Å². The van der Waals surface area contributed by atoms with E-state index in [1.165, 1.54) is 92.1 Å². The van der Waals surface area contributed by atoms with Gasteiger partial charge in [-0.3, -0.25) is 82.7 Å². The van der Waals surface area contributed by atoms with Crippen LogP contribution in [0.4, 0.5) is 10.1 Å². The normalized spacial score (nSPS) is 21.8. The number of hydrogen-bond acceptors (Lipinski definition) is 24. The van der Waals surface area contributed by atoms with Crippen molar-refractivity contribution in [2.45, 2.75) is 208 Å². The van der Waals surface area contributed by atoms with Gasteiger partial charge < -0.3 is 132 Å². The van der Waals surface area contributed by atoms with Crippen LogP contribution in [-0.4, -0.2) is 250 Å². The van der Waals surface area contributed by atoms with Gasteiger partial charge in [-0.2, -0.15) is 23.5 Å². The summed E-state index contributed by atoms with van der Waals surface area (Å²) in [5.74, 6) is -18.7. The predicted molar refractivity (Wildman–Crippen MR) is 510 cm³/mol. The van der Waals surface area contributed by atoms with Crippen LogP contribution in [0.15, 0.2) is 146 Å². The predicted octanol–water partition coefficient (Wildman–Crippen LogP) is -0.889. The fraction of sp³-hybridized carbons (Fsp3) is 0.391. The number of carbonyl (C=O) groups excluding carboxylic acids is 14. The Hall–Kier alpha value is -14.9. The van der Waals surface area contributed by atoms with Crippen LogP contribution in [-0.2, 0) is 116 Å². The zero-order chi connectivity index (χ0) is 101. The standard InChI is InChI=1S/C92H116FN23O20S2/c1-6-10-63-79(125)107-65(29-30-74(122)123)80(126)108-67(34-50-17-24-59(120)25-18-50)83(129)106-64(11-7-2)81(127)115-76(47(4)118)90(136)113-72(77(94)124)44-137-42-52-12-8-13-53(32-52)43-138-45-73(114-82(128)66(102-48(5)119)33-49-15-22-57(23-16-49)104-92(97)98)88(134)110-70(39-58-37-54-36-56(93)21-28-62(54)103-58)86(132)109-68(35-51-19-26-60(121)27-20-51)84(130)112-71(41-101-91(95)96)87(133)116-75(46(3)117)89(135)111-69(85(131)105-63)38-55-40-100-78-61(55)14-9-31-99-78/h8-9,12-28,31-32,36-37,40,46-47,63-73,75-76,103,117-118,120-121H,6-7,10-11,29-30,33-35,38-39,41-45H2,1-5H3,(H2,94,124)(H,99,100)(H,102,119)(H,105,131)(H,106,129)(H,107,125)(H,108,126)(H,109,132)(H,110,134)(H,111,135)(H,112,130)(H,113,136)(H,114,128)(H,115,127)(H,116,133)(H,122,123)(H4,95,96,101)(H4,97,98,104)/t46-,47-,63+,64+,65+,66+,67+,68+,69+,70+,71+,72+,73+,75+,76+/m1/s1. The molecule has 5 aromatic carbocycles. The summed E-state index contributed by atoms with van der Waals surface area (Å²) >= 11 is 2.26. The van der Waals surface area contributed by atoms with E-state index in [9.17, 15) is 73.1 Å². The molecule has 0 spiro atoms. The van der Waals surface area contributed by atoms with Crippen molar-refractivity contribution in [1.29, 1.82) is 10.8 Å². The Bertz CT molecular complexity index is 5690. The first-order valence-electron chi connectivity index (χ1n) is 44.2. The molecule has 0 unspecified atom stereocenters. The average molecular weight is 1950 g/mol. The second-order valence-electron chi connectivity index (χ2n) is 33.2. The Morgan fingerprint density at radius 2 is 1.01 bits per heavy atom. The van der Waals surface area contributed by atoms with Gasteiger partial charge in [0.05, 0.1) is 12.2 Å². The van der Waals surface area contributed by atoms with Crippen LogP contribution >= 0.6 is 23.5 Å². The van der Waals surface area contributed by atoms with Gasteiger partial charge in [0, 0.05) is 115 Å². The average Bonchev–Trinajstić information content (AvgIpc) is 1.65. The van der Waals surface area contributed by atoms with E-state index >= 15 is 28.8 Å². The third kappa shape index (κ3) is 33.0. The van der Waals surface area contributed by atoms with Crippen molar-refractivity contribution >= 4 is 152 Å². The minimum absolute atomic E-state index is 0.110. The van der Waals surface area contributed by atoms with Crippen molar-refractivity contribution in [3.8, 4) is 11.5 Å². The van der Waals surface area contributed by atoms with E-state index in [-0.39, 0.29) is 90.3 Å². The fourth-order valence-electron chi connectivity index (χ4n) is 14.9. The number of halogens is 1. The van der Waals surface area contributed by atoms with E-state index in [1.807, 2.05) is 0 Å². The molecule has 0 fully saturated rings. The lowest BCUT2D eigenvalue weighted by atomic mass is 10.0. The number of rotatable bonds is 26. The first-order valence-corrected chi connectivity index (χ1v) is 46.5. The lowest BCUT2D eigenvalue weighted by molar-refractivity contribution is -0.139. The number of phenols is 2. The first kappa shape index (κ1) is 107. The number of fused-ring (bicyclic) bond motifs is 4. The summed E-state index contributed by atoms with van der Waals surface area (Å²) in [6.45, 7) is 5.93. The first-order chi connectivity index (χ1) is 65.7. The molecular formula is C92H116FN23O20S2. The quantitative estimate of drug-likeness (QED) is 0.0231. The molecule has 1 aliphatic heterocycles. The van der Waals surface area contributed by atoms with Crippen LogP contribution in [0.1, 0.15) is 112 Å². The Kier molecular flexibility index (Phi) is 40.0. The second-order valence-corrected chi connectivity index (χ2v) is 35.3.